The van der Waals surface area contributed by atoms with Gasteiger partial charge in [0.25, 0.3) is 0 Å². The van der Waals surface area contributed by atoms with Gasteiger partial charge in [-0.1, -0.05) is 24.3 Å². The molecule has 0 bridgehead atoms. The van der Waals surface area contributed by atoms with Gasteiger partial charge in [-0.15, -0.1) is 13.2 Å². The summed E-state index contributed by atoms with van der Waals surface area (Å²) in [6, 6.07) is 16.1. The zero-order valence-electron chi connectivity index (χ0n) is 16.8. The first-order valence-corrected chi connectivity index (χ1v) is 9.43. The van der Waals surface area contributed by atoms with E-state index < -0.39 is 6.36 Å². The number of carbonyl (C=O) groups is 1. The number of nitrogens with one attached hydrogen (secondary N) is 1. The first-order valence-electron chi connectivity index (χ1n) is 9.43. The summed E-state index contributed by atoms with van der Waals surface area (Å²) >= 11 is 0. The summed E-state index contributed by atoms with van der Waals surface area (Å²) in [6.45, 7) is 0. The van der Waals surface area contributed by atoms with Crippen molar-refractivity contribution >= 4 is 17.2 Å². The molecule has 0 spiro atoms. The SMILES string of the molecule is COc1cc(-c2ccc(CC(=O)Nc3ccc(OC(F)(F)F)cc3)cc2)cc2ncnn12. The number of hydrogen-bond donors (Lipinski definition) is 1. The van der Waals surface area contributed by atoms with Gasteiger partial charge in [-0.3, -0.25) is 4.79 Å². The van der Waals surface area contributed by atoms with Crippen LogP contribution < -0.4 is 14.8 Å². The molecule has 4 rings (SSSR count). The molecule has 0 saturated carbocycles. The molecule has 10 heteroatoms. The molecule has 4 aromatic rings. The van der Waals surface area contributed by atoms with Crippen LogP contribution in [0.2, 0.25) is 0 Å². The molecule has 0 aliphatic heterocycles. The average molecular weight is 442 g/mol. The van der Waals surface area contributed by atoms with Crippen LogP contribution in [-0.2, 0) is 11.2 Å². The van der Waals surface area contributed by atoms with Crippen LogP contribution in [0.5, 0.6) is 11.6 Å². The summed E-state index contributed by atoms with van der Waals surface area (Å²) in [4.78, 5) is 16.5. The molecule has 1 N–H and O–H groups in total. The van der Waals surface area contributed by atoms with E-state index in [1.165, 1.54) is 18.5 Å². The van der Waals surface area contributed by atoms with E-state index in [0.29, 0.717) is 17.2 Å². The number of rotatable bonds is 6. The van der Waals surface area contributed by atoms with Crippen LogP contribution in [0, 0.1) is 0 Å². The van der Waals surface area contributed by atoms with Gasteiger partial charge in [-0.2, -0.15) is 9.61 Å². The molecule has 1 amide bonds. The fourth-order valence-corrected chi connectivity index (χ4v) is 3.15. The van der Waals surface area contributed by atoms with Crippen LogP contribution in [-0.4, -0.2) is 34.0 Å². The number of amides is 1. The highest BCUT2D eigenvalue weighted by atomic mass is 19.4. The second-order valence-corrected chi connectivity index (χ2v) is 6.81. The fourth-order valence-electron chi connectivity index (χ4n) is 3.15. The van der Waals surface area contributed by atoms with Crippen molar-refractivity contribution in [3.8, 4) is 22.8 Å². The number of anilines is 1. The van der Waals surface area contributed by atoms with Crippen LogP contribution in [0.15, 0.2) is 67.0 Å². The monoisotopic (exact) mass is 442 g/mol. The number of aromatic nitrogens is 3. The van der Waals surface area contributed by atoms with Crippen molar-refractivity contribution < 1.29 is 27.4 Å². The van der Waals surface area contributed by atoms with E-state index in [0.717, 1.165) is 28.8 Å². The van der Waals surface area contributed by atoms with Crippen LogP contribution in [0.3, 0.4) is 0 Å². The van der Waals surface area contributed by atoms with Crippen LogP contribution in [0.4, 0.5) is 18.9 Å². The summed E-state index contributed by atoms with van der Waals surface area (Å²) in [5, 5.41) is 6.75. The van der Waals surface area contributed by atoms with Crippen molar-refractivity contribution in [1.82, 2.24) is 14.6 Å². The van der Waals surface area contributed by atoms with Crippen LogP contribution in [0.1, 0.15) is 5.56 Å². The highest BCUT2D eigenvalue weighted by molar-refractivity contribution is 5.92. The number of fused-ring (bicyclic) bond motifs is 1. The number of alkyl halides is 3. The zero-order valence-corrected chi connectivity index (χ0v) is 16.8. The Hall–Kier alpha value is -4.08. The lowest BCUT2D eigenvalue weighted by Crippen LogP contribution is -2.17. The Morgan fingerprint density at radius 2 is 1.75 bits per heavy atom. The molecule has 2 aromatic heterocycles. The summed E-state index contributed by atoms with van der Waals surface area (Å²) in [5.74, 6) is -0.106. The third kappa shape index (κ3) is 4.97. The van der Waals surface area contributed by atoms with Gasteiger partial charge in [0.05, 0.1) is 13.5 Å². The highest BCUT2D eigenvalue weighted by Gasteiger charge is 2.30. The highest BCUT2D eigenvalue weighted by Crippen LogP contribution is 2.26. The molecule has 0 atom stereocenters. The normalized spacial score (nSPS) is 11.4. The predicted molar refractivity (Wildman–Crippen MR) is 110 cm³/mol. The molecule has 2 aromatic carbocycles. The van der Waals surface area contributed by atoms with Crippen molar-refractivity contribution in [3.63, 3.8) is 0 Å². The summed E-state index contributed by atoms with van der Waals surface area (Å²) in [5.41, 5.74) is 3.60. The van der Waals surface area contributed by atoms with Crippen molar-refractivity contribution in [1.29, 1.82) is 0 Å². The van der Waals surface area contributed by atoms with Gasteiger partial charge in [0.15, 0.2) is 5.65 Å². The molecule has 0 aliphatic rings. The van der Waals surface area contributed by atoms with Gasteiger partial charge in [-0.05, 0) is 47.0 Å². The zero-order chi connectivity index (χ0) is 22.7. The molecule has 7 nitrogen and oxygen atoms in total. The first-order chi connectivity index (χ1) is 15.3. The maximum Gasteiger partial charge on any atom is 0.573 e. The standard InChI is InChI=1S/C22H17F3N4O3/c1-31-21-12-16(11-19-26-13-27-29(19)21)15-4-2-14(3-5-15)10-20(30)28-17-6-8-18(9-7-17)32-22(23,24)25/h2-9,11-13H,10H2,1H3,(H,28,30). The third-order valence-electron chi connectivity index (χ3n) is 4.58. The molecule has 0 unspecified atom stereocenters. The Kier molecular flexibility index (Phi) is 5.67. The van der Waals surface area contributed by atoms with E-state index in [1.54, 1.807) is 11.6 Å². The molecule has 0 radical (unpaired) electrons. The Bertz CT molecular complexity index is 1240. The Labute approximate surface area is 180 Å². The summed E-state index contributed by atoms with van der Waals surface area (Å²) in [7, 11) is 1.55. The molecular weight excluding hydrogens is 425 g/mol. The van der Waals surface area contributed by atoms with Crippen molar-refractivity contribution in [3.05, 3.63) is 72.6 Å². The fraction of sp³-hybridized carbons (Fsp3) is 0.136. The van der Waals surface area contributed by atoms with Crippen LogP contribution >= 0.6 is 0 Å². The minimum absolute atomic E-state index is 0.105. The molecule has 2 heterocycles. The van der Waals surface area contributed by atoms with Gasteiger partial charge < -0.3 is 14.8 Å². The lowest BCUT2D eigenvalue weighted by atomic mass is 10.0. The van der Waals surface area contributed by atoms with Crippen molar-refractivity contribution in [2.75, 3.05) is 12.4 Å². The van der Waals surface area contributed by atoms with Crippen molar-refractivity contribution in [2.24, 2.45) is 0 Å². The number of nitrogens with zero attached hydrogens (tertiary/aromatic N) is 3. The summed E-state index contributed by atoms with van der Waals surface area (Å²) < 4.78 is 47.4. The number of pyridine rings is 1. The van der Waals surface area contributed by atoms with Gasteiger partial charge in [0, 0.05) is 11.8 Å². The molecular formula is C22H17F3N4O3. The minimum atomic E-state index is -4.76. The maximum absolute atomic E-state index is 12.3. The molecule has 0 saturated heterocycles. The lowest BCUT2D eigenvalue weighted by molar-refractivity contribution is -0.274. The van der Waals surface area contributed by atoms with Gasteiger partial charge >= 0.3 is 6.36 Å². The van der Waals surface area contributed by atoms with E-state index in [4.69, 9.17) is 4.74 Å². The number of halogens is 3. The second-order valence-electron chi connectivity index (χ2n) is 6.81. The van der Waals surface area contributed by atoms with E-state index in [1.807, 2.05) is 36.4 Å². The number of methoxy groups -OCH3 is 1. The largest absolute Gasteiger partial charge is 0.573 e. The third-order valence-corrected chi connectivity index (χ3v) is 4.58. The number of hydrogen-bond acceptors (Lipinski definition) is 5. The van der Waals surface area contributed by atoms with E-state index in [-0.39, 0.29) is 18.1 Å². The van der Waals surface area contributed by atoms with E-state index >= 15 is 0 Å². The van der Waals surface area contributed by atoms with Gasteiger partial charge in [-0.25, -0.2) is 4.98 Å². The molecule has 0 aliphatic carbocycles. The van der Waals surface area contributed by atoms with Gasteiger partial charge in [0.2, 0.25) is 11.8 Å². The number of carbonyl (C=O) groups excluding carboxylic acids is 1. The quantitative estimate of drug-likeness (QED) is 0.476. The predicted octanol–water partition coefficient (Wildman–Crippen LogP) is 4.48. The average Bonchev–Trinajstić information content (AvgIpc) is 3.23. The second kappa shape index (κ2) is 8.58. The molecule has 164 valence electrons. The smallest absolute Gasteiger partial charge is 0.481 e. The Balaban J connectivity index is 1.41. The topological polar surface area (TPSA) is 77.8 Å². The minimum Gasteiger partial charge on any atom is -0.481 e. The first kappa shape index (κ1) is 21.2. The molecule has 32 heavy (non-hydrogen) atoms. The number of ether oxygens (including phenoxy) is 2. The van der Waals surface area contributed by atoms with E-state index in [9.17, 15) is 18.0 Å². The van der Waals surface area contributed by atoms with E-state index in [2.05, 4.69) is 20.1 Å². The van der Waals surface area contributed by atoms with Crippen molar-refractivity contribution in [2.45, 2.75) is 12.8 Å². The summed E-state index contributed by atoms with van der Waals surface area (Å²) in [6.07, 6.45) is -3.21. The lowest BCUT2D eigenvalue weighted by Gasteiger charge is -2.10. The Morgan fingerprint density at radius 3 is 2.41 bits per heavy atom. The number of benzene rings is 2. The maximum atomic E-state index is 12.3. The van der Waals surface area contributed by atoms with Crippen LogP contribution in [0.25, 0.3) is 16.8 Å². The Morgan fingerprint density at radius 1 is 1.03 bits per heavy atom. The van der Waals surface area contributed by atoms with Gasteiger partial charge in [0.1, 0.15) is 12.1 Å². The molecule has 0 fully saturated rings.